The highest BCUT2D eigenvalue weighted by Crippen LogP contribution is 2.36. The second-order valence-corrected chi connectivity index (χ2v) is 7.42. The van der Waals surface area contributed by atoms with Gasteiger partial charge in [0.15, 0.2) is 17.1 Å². The summed E-state index contributed by atoms with van der Waals surface area (Å²) in [5.41, 5.74) is 4.57. The topological polar surface area (TPSA) is 60.7 Å². The van der Waals surface area contributed by atoms with Crippen LogP contribution in [0, 0.1) is 13.8 Å². The Morgan fingerprint density at radius 1 is 1.00 bits per heavy atom. The minimum atomic E-state index is -0.0793. The van der Waals surface area contributed by atoms with E-state index in [1.54, 1.807) is 14.2 Å². The predicted molar refractivity (Wildman–Crippen MR) is 104 cm³/mol. The fraction of sp³-hybridized carbons (Fsp3) is 0.400. The lowest BCUT2D eigenvalue weighted by Gasteiger charge is -2.22. The van der Waals surface area contributed by atoms with Crippen LogP contribution in [0.3, 0.4) is 0 Å². The number of benzene rings is 1. The Labute approximate surface area is 154 Å². The Kier molecular flexibility index (Phi) is 4.52. The molecular formula is C20H26N4O2. The van der Waals surface area contributed by atoms with Gasteiger partial charge in [0.2, 0.25) is 0 Å². The minimum Gasteiger partial charge on any atom is -0.493 e. The molecule has 0 aliphatic carbocycles. The van der Waals surface area contributed by atoms with Crippen LogP contribution in [0.25, 0.3) is 16.8 Å². The maximum atomic E-state index is 5.46. The average Bonchev–Trinajstić information content (AvgIpc) is 2.89. The maximum Gasteiger partial charge on any atom is 0.165 e. The second-order valence-electron chi connectivity index (χ2n) is 7.42. The van der Waals surface area contributed by atoms with Gasteiger partial charge in [-0.25, -0.2) is 4.98 Å². The summed E-state index contributed by atoms with van der Waals surface area (Å²) in [6.07, 6.45) is 0. The Hall–Kier alpha value is -2.76. The normalized spacial score (nSPS) is 11.7. The molecule has 6 nitrogen and oxygen atoms in total. The van der Waals surface area contributed by atoms with Crippen LogP contribution in [-0.4, -0.2) is 34.4 Å². The zero-order chi connectivity index (χ0) is 19.1. The molecule has 1 N–H and O–H groups in total. The molecule has 0 aliphatic heterocycles. The van der Waals surface area contributed by atoms with E-state index in [2.05, 4.69) is 26.1 Å². The number of ether oxygens (including phenoxy) is 2. The van der Waals surface area contributed by atoms with Gasteiger partial charge in [0, 0.05) is 22.9 Å². The first-order valence-corrected chi connectivity index (χ1v) is 8.61. The van der Waals surface area contributed by atoms with Gasteiger partial charge in [0.05, 0.1) is 19.9 Å². The fourth-order valence-electron chi connectivity index (χ4n) is 3.05. The molecule has 6 heteroatoms. The van der Waals surface area contributed by atoms with Gasteiger partial charge in [-0.1, -0.05) is 6.07 Å². The molecule has 0 radical (unpaired) electrons. The number of nitrogens with one attached hydrogen (secondary N) is 1. The van der Waals surface area contributed by atoms with Crippen molar-refractivity contribution in [1.82, 2.24) is 14.6 Å². The van der Waals surface area contributed by atoms with Crippen molar-refractivity contribution in [2.75, 3.05) is 19.5 Å². The fourth-order valence-corrected chi connectivity index (χ4v) is 3.05. The molecular weight excluding hydrogens is 328 g/mol. The van der Waals surface area contributed by atoms with Crippen LogP contribution in [0.4, 0.5) is 5.82 Å². The summed E-state index contributed by atoms with van der Waals surface area (Å²) in [5, 5.41) is 8.25. The molecule has 2 aromatic heterocycles. The van der Waals surface area contributed by atoms with E-state index in [0.717, 1.165) is 34.0 Å². The SMILES string of the molecule is COc1ccc(-c2c(C)nn3c(NC(C)(C)C)cc(C)nc23)cc1OC. The second kappa shape index (κ2) is 6.52. The van der Waals surface area contributed by atoms with E-state index in [9.17, 15) is 0 Å². The van der Waals surface area contributed by atoms with Gasteiger partial charge in [-0.2, -0.15) is 9.61 Å². The first kappa shape index (κ1) is 18.0. The Morgan fingerprint density at radius 2 is 1.69 bits per heavy atom. The number of rotatable bonds is 4. The van der Waals surface area contributed by atoms with Crippen LogP contribution in [0.5, 0.6) is 11.5 Å². The average molecular weight is 354 g/mol. The molecule has 0 spiro atoms. The van der Waals surface area contributed by atoms with Crippen LogP contribution < -0.4 is 14.8 Å². The number of hydrogen-bond acceptors (Lipinski definition) is 5. The molecule has 0 atom stereocenters. The van der Waals surface area contributed by atoms with Gasteiger partial charge in [0.1, 0.15) is 5.82 Å². The lowest BCUT2D eigenvalue weighted by molar-refractivity contribution is 0.355. The zero-order valence-electron chi connectivity index (χ0n) is 16.5. The molecule has 0 fully saturated rings. The molecule has 2 heterocycles. The van der Waals surface area contributed by atoms with E-state index in [0.29, 0.717) is 11.5 Å². The Balaban J connectivity index is 2.23. The van der Waals surface area contributed by atoms with Gasteiger partial charge in [-0.15, -0.1) is 0 Å². The highest BCUT2D eigenvalue weighted by atomic mass is 16.5. The smallest absolute Gasteiger partial charge is 0.165 e. The first-order valence-electron chi connectivity index (χ1n) is 8.61. The third-order valence-corrected chi connectivity index (χ3v) is 4.07. The van der Waals surface area contributed by atoms with Crippen molar-refractivity contribution < 1.29 is 9.47 Å². The van der Waals surface area contributed by atoms with Gasteiger partial charge >= 0.3 is 0 Å². The quantitative estimate of drug-likeness (QED) is 0.759. The molecule has 1 aromatic carbocycles. The largest absolute Gasteiger partial charge is 0.493 e. The van der Waals surface area contributed by atoms with Crippen LogP contribution >= 0.6 is 0 Å². The standard InChI is InChI=1S/C20H26N4O2/c1-12-10-17(22-20(3,4)5)24-19(21-12)18(13(2)23-24)14-8-9-15(25-6)16(11-14)26-7/h8-11,22H,1-7H3. The van der Waals surface area contributed by atoms with Gasteiger partial charge in [-0.05, 0) is 52.3 Å². The lowest BCUT2D eigenvalue weighted by Crippen LogP contribution is -2.27. The molecule has 26 heavy (non-hydrogen) atoms. The van der Waals surface area contributed by atoms with Crippen molar-refractivity contribution in [3.05, 3.63) is 35.7 Å². The summed E-state index contributed by atoms with van der Waals surface area (Å²) in [6.45, 7) is 10.4. The summed E-state index contributed by atoms with van der Waals surface area (Å²) in [4.78, 5) is 4.75. The Bertz CT molecular complexity index is 955. The van der Waals surface area contributed by atoms with Crippen LogP contribution in [0.2, 0.25) is 0 Å². The van der Waals surface area contributed by atoms with Crippen molar-refractivity contribution in [3.63, 3.8) is 0 Å². The van der Waals surface area contributed by atoms with Crippen LogP contribution in [-0.2, 0) is 0 Å². The van der Waals surface area contributed by atoms with Crippen LogP contribution in [0.1, 0.15) is 32.2 Å². The molecule has 3 rings (SSSR count). The van der Waals surface area contributed by atoms with Crippen molar-refractivity contribution in [2.24, 2.45) is 0 Å². The van der Waals surface area contributed by atoms with Crippen molar-refractivity contribution in [3.8, 4) is 22.6 Å². The van der Waals surface area contributed by atoms with E-state index >= 15 is 0 Å². The van der Waals surface area contributed by atoms with Gasteiger partial charge in [-0.3, -0.25) is 0 Å². The first-order chi connectivity index (χ1) is 12.2. The predicted octanol–water partition coefficient (Wildman–Crippen LogP) is 4.24. The number of fused-ring (bicyclic) bond motifs is 1. The monoisotopic (exact) mass is 354 g/mol. The molecule has 0 bridgehead atoms. The van der Waals surface area contributed by atoms with E-state index in [1.807, 2.05) is 42.6 Å². The summed E-state index contributed by atoms with van der Waals surface area (Å²) in [5.74, 6) is 2.31. The molecule has 0 aliphatic rings. The van der Waals surface area contributed by atoms with Crippen molar-refractivity contribution in [2.45, 2.75) is 40.2 Å². The van der Waals surface area contributed by atoms with Gasteiger partial charge in [0.25, 0.3) is 0 Å². The third-order valence-electron chi connectivity index (χ3n) is 4.07. The van der Waals surface area contributed by atoms with Crippen molar-refractivity contribution in [1.29, 1.82) is 0 Å². The number of nitrogens with zero attached hydrogens (tertiary/aromatic N) is 3. The van der Waals surface area contributed by atoms with E-state index < -0.39 is 0 Å². The summed E-state index contributed by atoms with van der Waals surface area (Å²) >= 11 is 0. The van der Waals surface area contributed by atoms with Gasteiger partial charge < -0.3 is 14.8 Å². The number of hydrogen-bond donors (Lipinski definition) is 1. The molecule has 0 saturated heterocycles. The van der Waals surface area contributed by atoms with Crippen molar-refractivity contribution >= 4 is 11.5 Å². The highest BCUT2D eigenvalue weighted by Gasteiger charge is 2.19. The molecule has 0 unspecified atom stereocenters. The lowest BCUT2D eigenvalue weighted by atomic mass is 10.1. The number of anilines is 1. The summed E-state index contributed by atoms with van der Waals surface area (Å²) in [6, 6.07) is 7.89. The summed E-state index contributed by atoms with van der Waals surface area (Å²) in [7, 11) is 3.27. The summed E-state index contributed by atoms with van der Waals surface area (Å²) < 4.78 is 12.7. The van der Waals surface area contributed by atoms with E-state index in [-0.39, 0.29) is 5.54 Å². The molecule has 0 amide bonds. The number of aromatic nitrogens is 3. The van der Waals surface area contributed by atoms with E-state index in [4.69, 9.17) is 19.6 Å². The highest BCUT2D eigenvalue weighted by molar-refractivity contribution is 5.82. The Morgan fingerprint density at radius 3 is 2.31 bits per heavy atom. The van der Waals surface area contributed by atoms with Crippen LogP contribution in [0.15, 0.2) is 24.3 Å². The molecule has 138 valence electrons. The molecule has 0 saturated carbocycles. The number of aryl methyl sites for hydroxylation is 2. The molecule has 3 aromatic rings. The number of methoxy groups -OCH3 is 2. The third kappa shape index (κ3) is 3.31. The van der Waals surface area contributed by atoms with E-state index in [1.165, 1.54) is 0 Å². The maximum absolute atomic E-state index is 5.46. The zero-order valence-corrected chi connectivity index (χ0v) is 16.5. The minimum absolute atomic E-state index is 0.0793.